The monoisotopic (exact) mass is 266 g/mol. The van der Waals surface area contributed by atoms with Crippen LogP contribution < -0.4 is 5.11 Å². The fourth-order valence-electron chi connectivity index (χ4n) is 2.35. The Morgan fingerprint density at radius 2 is 1.95 bits per heavy atom. The zero-order valence-electron chi connectivity index (χ0n) is 10.7. The van der Waals surface area contributed by atoms with E-state index in [0.717, 1.165) is 11.0 Å². The molecule has 19 heavy (non-hydrogen) atoms. The van der Waals surface area contributed by atoms with Crippen molar-refractivity contribution < 1.29 is 24.2 Å². The van der Waals surface area contributed by atoms with Crippen molar-refractivity contribution in [2.75, 3.05) is 13.7 Å². The molecular formula is C12H14N2O5-. The molecule has 0 bridgehead atoms. The summed E-state index contributed by atoms with van der Waals surface area (Å²) in [7, 11) is 4.68. The molecule has 7 heteroatoms. The number of ether oxygens (including phenoxy) is 1. The number of carbonyl (C=O) groups is 3. The second kappa shape index (κ2) is 4.65. The van der Waals surface area contributed by atoms with Crippen LogP contribution in [0.5, 0.6) is 0 Å². The number of imide groups is 1. The summed E-state index contributed by atoms with van der Waals surface area (Å²) < 4.78 is 5.25. The maximum atomic E-state index is 12.0. The van der Waals surface area contributed by atoms with Crippen LogP contribution in [0.25, 0.3) is 0 Å². The number of hydrogen-bond acceptors (Lipinski definition) is 5. The van der Waals surface area contributed by atoms with Crippen molar-refractivity contribution in [2.45, 2.75) is 13.0 Å². The van der Waals surface area contributed by atoms with Gasteiger partial charge in [-0.25, -0.2) is 0 Å². The largest absolute Gasteiger partial charge is 0.860 e. The quantitative estimate of drug-likeness (QED) is 0.577. The van der Waals surface area contributed by atoms with Crippen molar-refractivity contribution in [1.29, 1.82) is 0 Å². The summed E-state index contributed by atoms with van der Waals surface area (Å²) in [5.74, 6) is -4.13. The molecule has 0 spiro atoms. The number of likely N-dealkylation sites (tertiary alicyclic amines) is 1. The van der Waals surface area contributed by atoms with Crippen LogP contribution in [0.3, 0.4) is 0 Å². The molecule has 7 nitrogen and oxygen atoms in total. The van der Waals surface area contributed by atoms with E-state index < -0.39 is 41.5 Å². The summed E-state index contributed by atoms with van der Waals surface area (Å²) in [6.07, 6.45) is 0.100. The Morgan fingerprint density at radius 3 is 2.42 bits per heavy atom. The summed E-state index contributed by atoms with van der Waals surface area (Å²) >= 11 is 0. The first-order valence-corrected chi connectivity index (χ1v) is 5.86. The van der Waals surface area contributed by atoms with Crippen molar-refractivity contribution in [3.05, 3.63) is 19.0 Å². The Kier molecular flexibility index (Phi) is 3.32. The van der Waals surface area contributed by atoms with E-state index in [0.29, 0.717) is 4.90 Å². The van der Waals surface area contributed by atoms with Gasteiger partial charge < -0.3 is 14.7 Å². The minimum Gasteiger partial charge on any atom is -0.860 e. The van der Waals surface area contributed by atoms with Gasteiger partial charge in [-0.3, -0.25) is 19.3 Å². The van der Waals surface area contributed by atoms with Crippen LogP contribution in [-0.4, -0.2) is 47.3 Å². The normalized spacial score (nSPS) is 31.4. The summed E-state index contributed by atoms with van der Waals surface area (Å²) in [4.78, 5) is 37.4. The predicted molar refractivity (Wildman–Crippen MR) is 60.5 cm³/mol. The molecule has 2 rings (SSSR count). The molecule has 0 saturated carbocycles. The van der Waals surface area contributed by atoms with Crippen LogP contribution in [0.1, 0.15) is 6.92 Å². The Hall–Kier alpha value is -1.89. The highest BCUT2D eigenvalue weighted by atomic mass is 16.5. The van der Waals surface area contributed by atoms with Gasteiger partial charge in [0.1, 0.15) is 6.10 Å². The molecule has 0 aromatic carbocycles. The molecule has 0 aromatic heterocycles. The first-order valence-electron chi connectivity index (χ1n) is 5.86. The Balaban J connectivity index is 2.34. The number of hydrogen-bond donors (Lipinski definition) is 0. The molecule has 0 N–H and O–H groups in total. The van der Waals surface area contributed by atoms with Crippen LogP contribution >= 0.6 is 0 Å². The minimum absolute atomic E-state index is 0.221. The fraction of sp³-hybridized carbons (Fsp3) is 0.500. The predicted octanol–water partition coefficient (Wildman–Crippen LogP) is -1.54. The molecule has 103 valence electrons. The van der Waals surface area contributed by atoms with Crippen LogP contribution in [0.4, 0.5) is 0 Å². The number of carbonyl (C=O) groups excluding carboxylic acids is 3. The lowest BCUT2D eigenvalue weighted by atomic mass is 9.89. The zero-order chi connectivity index (χ0) is 14.3. The molecule has 0 aromatic rings. The van der Waals surface area contributed by atoms with Crippen molar-refractivity contribution in [3.8, 4) is 0 Å². The van der Waals surface area contributed by atoms with Gasteiger partial charge in [0.25, 0.3) is 5.91 Å². The molecule has 3 amide bonds. The lowest BCUT2D eigenvalue weighted by molar-refractivity contribution is -0.325. The van der Waals surface area contributed by atoms with Crippen molar-refractivity contribution in [1.82, 2.24) is 9.80 Å². The van der Waals surface area contributed by atoms with E-state index in [1.165, 1.54) is 7.05 Å². The molecule has 1 fully saturated rings. The van der Waals surface area contributed by atoms with Gasteiger partial charge in [-0.15, -0.1) is 0 Å². The van der Waals surface area contributed by atoms with E-state index in [-0.39, 0.29) is 6.61 Å². The van der Waals surface area contributed by atoms with Gasteiger partial charge in [0.15, 0.2) is 0 Å². The van der Waals surface area contributed by atoms with Crippen molar-refractivity contribution in [2.24, 2.45) is 11.8 Å². The van der Waals surface area contributed by atoms with Gasteiger partial charge in [0.05, 0.1) is 11.8 Å². The van der Waals surface area contributed by atoms with Crippen LogP contribution in [-0.2, 0) is 19.1 Å². The lowest BCUT2D eigenvalue weighted by Crippen LogP contribution is -2.38. The molecule has 2 heterocycles. The second-order valence-electron chi connectivity index (χ2n) is 4.43. The maximum Gasteiger partial charge on any atom is 0.259 e. The van der Waals surface area contributed by atoms with E-state index in [9.17, 15) is 19.5 Å². The number of amides is 3. The molecule has 1 radical (unpaired) electrons. The highest BCUT2D eigenvalue weighted by Gasteiger charge is 2.53. The topological polar surface area (TPSA) is 90.0 Å². The summed E-state index contributed by atoms with van der Waals surface area (Å²) in [6, 6.07) is 0. The van der Waals surface area contributed by atoms with E-state index in [1.807, 2.05) is 0 Å². The third kappa shape index (κ3) is 1.90. The molecular weight excluding hydrogens is 252 g/mol. The van der Waals surface area contributed by atoms with Gasteiger partial charge in [0, 0.05) is 20.7 Å². The Labute approximate surface area is 110 Å². The average molecular weight is 266 g/mol. The highest BCUT2D eigenvalue weighted by Crippen LogP contribution is 2.34. The summed E-state index contributed by atoms with van der Waals surface area (Å²) in [5, 5.41) is 11.5. The highest BCUT2D eigenvalue weighted by molar-refractivity contribution is 6.09. The van der Waals surface area contributed by atoms with Crippen LogP contribution in [0.2, 0.25) is 0 Å². The van der Waals surface area contributed by atoms with Gasteiger partial charge in [-0.2, -0.15) is 0 Å². The van der Waals surface area contributed by atoms with Crippen molar-refractivity contribution >= 4 is 17.7 Å². The van der Waals surface area contributed by atoms with Crippen LogP contribution in [0.15, 0.2) is 12.0 Å². The molecule has 2 aliphatic heterocycles. The number of nitrogens with zero attached hydrogens (tertiary/aromatic N) is 2. The van der Waals surface area contributed by atoms with Gasteiger partial charge >= 0.3 is 0 Å². The maximum absolute atomic E-state index is 12.0. The van der Waals surface area contributed by atoms with Gasteiger partial charge in [-0.05, 0) is 12.8 Å². The molecule has 2 aliphatic rings. The van der Waals surface area contributed by atoms with Gasteiger partial charge in [-0.1, -0.05) is 6.08 Å². The third-order valence-electron chi connectivity index (χ3n) is 3.39. The van der Waals surface area contributed by atoms with Gasteiger partial charge in [0.2, 0.25) is 11.8 Å². The average Bonchev–Trinajstić information content (AvgIpc) is 2.74. The molecule has 0 aliphatic carbocycles. The SMILES string of the molecule is [CH2]N1C(=O)C(OCC)C(C2C=C([O-])N(C)C2=O)C1=O. The number of rotatable bonds is 3. The van der Waals surface area contributed by atoms with Crippen LogP contribution in [0, 0.1) is 18.9 Å². The summed E-state index contributed by atoms with van der Waals surface area (Å²) in [6.45, 7) is 1.90. The second-order valence-corrected chi connectivity index (χ2v) is 4.43. The first-order chi connectivity index (χ1) is 8.90. The summed E-state index contributed by atoms with van der Waals surface area (Å²) in [5.41, 5.74) is 0. The fourth-order valence-corrected chi connectivity index (χ4v) is 2.35. The smallest absolute Gasteiger partial charge is 0.259 e. The standard InChI is InChI=1S/C12H15N2O5/c1-4-19-9-8(11(17)14(3)12(9)18)6-5-7(15)13(2)10(6)16/h5-6,8-9,15H,3-4H2,1-2H3/p-1. The lowest BCUT2D eigenvalue weighted by Gasteiger charge is -2.21. The van der Waals surface area contributed by atoms with E-state index in [4.69, 9.17) is 4.74 Å². The first kappa shape index (κ1) is 13.5. The molecule has 3 atom stereocenters. The Bertz CT molecular complexity index is 473. The van der Waals surface area contributed by atoms with E-state index in [2.05, 4.69) is 7.05 Å². The third-order valence-corrected chi connectivity index (χ3v) is 3.39. The molecule has 3 unspecified atom stereocenters. The zero-order valence-corrected chi connectivity index (χ0v) is 10.7. The minimum atomic E-state index is -1.06. The molecule has 1 saturated heterocycles. The van der Waals surface area contributed by atoms with E-state index in [1.54, 1.807) is 6.92 Å². The van der Waals surface area contributed by atoms with Crippen molar-refractivity contribution in [3.63, 3.8) is 0 Å². The Morgan fingerprint density at radius 1 is 1.32 bits per heavy atom. The van der Waals surface area contributed by atoms with E-state index >= 15 is 0 Å².